The van der Waals surface area contributed by atoms with E-state index in [1.165, 1.54) is 25.7 Å². The molecule has 12 heavy (non-hydrogen) atoms. The molecular formula is C10H18N2. The first-order chi connectivity index (χ1) is 5.70. The number of rotatable bonds is 3. The van der Waals surface area contributed by atoms with E-state index in [-0.39, 0.29) is 0 Å². The molecule has 0 amide bonds. The van der Waals surface area contributed by atoms with Gasteiger partial charge in [-0.15, -0.1) is 0 Å². The van der Waals surface area contributed by atoms with Gasteiger partial charge in [-0.3, -0.25) is 5.41 Å². The first-order valence-corrected chi connectivity index (χ1v) is 5.02. The maximum absolute atomic E-state index is 7.66. The van der Waals surface area contributed by atoms with Gasteiger partial charge in [-0.1, -0.05) is 6.92 Å². The van der Waals surface area contributed by atoms with E-state index in [0.717, 1.165) is 25.3 Å². The van der Waals surface area contributed by atoms with Gasteiger partial charge < -0.3 is 4.90 Å². The molecule has 0 unspecified atom stereocenters. The fourth-order valence-electron chi connectivity index (χ4n) is 1.85. The standard InChI is InChI=1S/C10H18N2/c1-10(4-5-10)6-8-12-7-2-3-9(12)11/h11H,2-8H2,1H3. The van der Waals surface area contributed by atoms with Crippen molar-refractivity contribution >= 4 is 5.84 Å². The minimum atomic E-state index is 0.656. The zero-order valence-electron chi connectivity index (χ0n) is 7.90. The lowest BCUT2D eigenvalue weighted by Gasteiger charge is -2.19. The third-order valence-electron chi connectivity index (χ3n) is 3.31. The Morgan fingerprint density at radius 3 is 2.75 bits per heavy atom. The Morgan fingerprint density at radius 2 is 2.25 bits per heavy atom. The highest BCUT2D eigenvalue weighted by atomic mass is 15.2. The Hall–Kier alpha value is -0.530. The number of likely N-dealkylation sites (tertiary alicyclic amines) is 1. The molecule has 0 spiro atoms. The Morgan fingerprint density at radius 1 is 1.50 bits per heavy atom. The van der Waals surface area contributed by atoms with Gasteiger partial charge in [-0.25, -0.2) is 0 Å². The van der Waals surface area contributed by atoms with Crippen LogP contribution in [0, 0.1) is 10.8 Å². The summed E-state index contributed by atoms with van der Waals surface area (Å²) in [7, 11) is 0. The molecule has 2 nitrogen and oxygen atoms in total. The largest absolute Gasteiger partial charge is 0.361 e. The van der Waals surface area contributed by atoms with Crippen LogP contribution in [0.1, 0.15) is 39.0 Å². The first kappa shape index (κ1) is 8.09. The van der Waals surface area contributed by atoms with Crippen LogP contribution in [0.4, 0.5) is 0 Å². The summed E-state index contributed by atoms with van der Waals surface area (Å²) in [4.78, 5) is 2.25. The Bertz CT molecular complexity index is 194. The van der Waals surface area contributed by atoms with Gasteiger partial charge in [0.05, 0.1) is 5.84 Å². The molecule has 0 aromatic rings. The van der Waals surface area contributed by atoms with Crippen molar-refractivity contribution in [3.63, 3.8) is 0 Å². The van der Waals surface area contributed by atoms with Crippen molar-refractivity contribution in [2.24, 2.45) is 5.41 Å². The predicted octanol–water partition coefficient (Wildman–Crippen LogP) is 2.25. The van der Waals surface area contributed by atoms with E-state index in [1.807, 2.05) is 0 Å². The normalized spacial score (nSPS) is 26.4. The average molecular weight is 166 g/mol. The topological polar surface area (TPSA) is 27.1 Å². The third kappa shape index (κ3) is 1.62. The highest BCUT2D eigenvalue weighted by molar-refractivity contribution is 5.80. The van der Waals surface area contributed by atoms with Crippen molar-refractivity contribution in [3.05, 3.63) is 0 Å². The van der Waals surface area contributed by atoms with E-state index in [2.05, 4.69) is 11.8 Å². The van der Waals surface area contributed by atoms with Crippen molar-refractivity contribution in [1.82, 2.24) is 4.90 Å². The van der Waals surface area contributed by atoms with Crippen molar-refractivity contribution in [3.8, 4) is 0 Å². The second-order valence-electron chi connectivity index (χ2n) is 4.60. The summed E-state index contributed by atoms with van der Waals surface area (Å²) in [5.74, 6) is 0.874. The number of hydrogen-bond donors (Lipinski definition) is 1. The van der Waals surface area contributed by atoms with Gasteiger partial charge in [0.2, 0.25) is 0 Å². The number of hydrogen-bond acceptors (Lipinski definition) is 1. The van der Waals surface area contributed by atoms with E-state index in [1.54, 1.807) is 0 Å². The monoisotopic (exact) mass is 166 g/mol. The minimum Gasteiger partial charge on any atom is -0.361 e. The summed E-state index contributed by atoms with van der Waals surface area (Å²) >= 11 is 0. The van der Waals surface area contributed by atoms with Crippen molar-refractivity contribution in [2.45, 2.75) is 39.0 Å². The molecule has 0 bridgehead atoms. The van der Waals surface area contributed by atoms with Gasteiger partial charge in [0.25, 0.3) is 0 Å². The van der Waals surface area contributed by atoms with Crippen LogP contribution < -0.4 is 0 Å². The number of nitrogens with zero attached hydrogens (tertiary/aromatic N) is 1. The van der Waals surface area contributed by atoms with Crippen molar-refractivity contribution in [2.75, 3.05) is 13.1 Å². The summed E-state index contributed by atoms with van der Waals surface area (Å²) in [5, 5.41) is 7.66. The lowest BCUT2D eigenvalue weighted by atomic mass is 10.1. The molecule has 0 aromatic carbocycles. The molecule has 1 heterocycles. The SMILES string of the molecule is CC1(CCN2CCCC2=N)CC1. The first-order valence-electron chi connectivity index (χ1n) is 5.02. The van der Waals surface area contributed by atoms with Gasteiger partial charge in [0.15, 0.2) is 0 Å². The van der Waals surface area contributed by atoms with Crippen LogP contribution in [-0.2, 0) is 0 Å². The molecule has 2 aliphatic rings. The van der Waals surface area contributed by atoms with Crippen LogP contribution in [0.5, 0.6) is 0 Å². The minimum absolute atomic E-state index is 0.656. The highest BCUT2D eigenvalue weighted by Gasteiger charge is 2.37. The van der Waals surface area contributed by atoms with Crippen LogP contribution in [0.15, 0.2) is 0 Å². The van der Waals surface area contributed by atoms with Gasteiger partial charge >= 0.3 is 0 Å². The van der Waals surface area contributed by atoms with E-state index < -0.39 is 0 Å². The molecule has 68 valence electrons. The second-order valence-corrected chi connectivity index (χ2v) is 4.60. The molecule has 2 heteroatoms. The maximum Gasteiger partial charge on any atom is 0.0958 e. The zero-order valence-corrected chi connectivity index (χ0v) is 7.90. The van der Waals surface area contributed by atoms with Gasteiger partial charge in [0, 0.05) is 19.5 Å². The lowest BCUT2D eigenvalue weighted by molar-refractivity contribution is 0.381. The second kappa shape index (κ2) is 2.75. The molecule has 1 saturated carbocycles. The molecule has 2 fully saturated rings. The van der Waals surface area contributed by atoms with E-state index in [9.17, 15) is 0 Å². The maximum atomic E-state index is 7.66. The molecular weight excluding hydrogens is 148 g/mol. The highest BCUT2D eigenvalue weighted by Crippen LogP contribution is 2.48. The lowest BCUT2D eigenvalue weighted by Crippen LogP contribution is -2.26. The smallest absolute Gasteiger partial charge is 0.0958 e. The summed E-state index contributed by atoms with van der Waals surface area (Å²) in [5.41, 5.74) is 0.656. The van der Waals surface area contributed by atoms with Crippen molar-refractivity contribution in [1.29, 1.82) is 5.41 Å². The van der Waals surface area contributed by atoms with Crippen molar-refractivity contribution < 1.29 is 0 Å². The van der Waals surface area contributed by atoms with E-state index in [0.29, 0.717) is 5.41 Å². The van der Waals surface area contributed by atoms with Crippen LogP contribution in [-0.4, -0.2) is 23.8 Å². The van der Waals surface area contributed by atoms with E-state index >= 15 is 0 Å². The molecule has 0 aromatic heterocycles. The van der Waals surface area contributed by atoms with E-state index in [4.69, 9.17) is 5.41 Å². The number of amidine groups is 1. The molecule has 2 rings (SSSR count). The van der Waals surface area contributed by atoms with Crippen LogP contribution >= 0.6 is 0 Å². The van der Waals surface area contributed by atoms with Gasteiger partial charge in [0.1, 0.15) is 0 Å². The molecule has 0 atom stereocenters. The summed E-state index contributed by atoms with van der Waals surface area (Å²) in [6.07, 6.45) is 6.34. The van der Waals surface area contributed by atoms with Gasteiger partial charge in [-0.2, -0.15) is 0 Å². The fraction of sp³-hybridized carbons (Fsp3) is 0.900. The Labute approximate surface area is 74.5 Å². The fourth-order valence-corrected chi connectivity index (χ4v) is 1.85. The molecule has 1 aliphatic carbocycles. The molecule has 0 radical (unpaired) electrons. The summed E-state index contributed by atoms with van der Waals surface area (Å²) in [6.45, 7) is 4.64. The summed E-state index contributed by atoms with van der Waals surface area (Å²) in [6, 6.07) is 0. The number of nitrogens with one attached hydrogen (secondary N) is 1. The Kier molecular flexibility index (Phi) is 1.85. The summed E-state index contributed by atoms with van der Waals surface area (Å²) < 4.78 is 0. The van der Waals surface area contributed by atoms with Crippen LogP contribution in [0.25, 0.3) is 0 Å². The molecule has 1 saturated heterocycles. The van der Waals surface area contributed by atoms with Gasteiger partial charge in [-0.05, 0) is 31.1 Å². The quantitative estimate of drug-likeness (QED) is 0.684. The zero-order chi connectivity index (χ0) is 8.60. The third-order valence-corrected chi connectivity index (χ3v) is 3.31. The predicted molar refractivity (Wildman–Crippen MR) is 50.5 cm³/mol. The molecule has 1 aliphatic heterocycles. The van der Waals surface area contributed by atoms with Crippen LogP contribution in [0.3, 0.4) is 0 Å². The average Bonchev–Trinajstić information content (AvgIpc) is 2.61. The molecule has 1 N–H and O–H groups in total. The van der Waals surface area contributed by atoms with Crippen LogP contribution in [0.2, 0.25) is 0 Å². The Balaban J connectivity index is 1.75.